The van der Waals surface area contributed by atoms with Gasteiger partial charge in [-0.3, -0.25) is 9.59 Å². The zero-order valence-corrected chi connectivity index (χ0v) is 19.6. The predicted octanol–water partition coefficient (Wildman–Crippen LogP) is 3.62. The second-order valence-electron chi connectivity index (χ2n) is 8.44. The van der Waals surface area contributed by atoms with Crippen LogP contribution in [0.1, 0.15) is 36.8 Å². The molecule has 0 aromatic heterocycles. The largest absolute Gasteiger partial charge is 0.473 e. The normalized spacial score (nSPS) is 16.4. The minimum absolute atomic E-state index is 0.0800. The highest BCUT2D eigenvalue weighted by Gasteiger charge is 2.38. The number of nitrogens with zero attached hydrogens (tertiary/aromatic N) is 2. The van der Waals surface area contributed by atoms with Crippen LogP contribution in [-0.2, 0) is 16.0 Å². The molecular weight excluding hydrogens is 475 g/mol. The average Bonchev–Trinajstić information content (AvgIpc) is 2.86. The van der Waals surface area contributed by atoms with E-state index in [1.807, 2.05) is 30.3 Å². The number of nitrogens with two attached hydrogens (primary N) is 1. The summed E-state index contributed by atoms with van der Waals surface area (Å²) in [4.78, 5) is 40.7. The molecule has 1 aliphatic heterocycles. The number of amides is 4. The van der Waals surface area contributed by atoms with Crippen LogP contribution in [0.3, 0.4) is 0 Å². The van der Waals surface area contributed by atoms with Gasteiger partial charge >= 0.3 is 18.1 Å². The standard InChI is InChI=1S/C25H28F3N5O3/c26-25(27,28)23(35)32-22(29)18-10-12-19(13-11-18)31-24(36)33-15-5-4-8-20(33)16-30-21(34)14-9-17-6-2-1-3-7-17/h1-3,6-7,10-13,20H,4-5,8-9,14-16H2,(H,30,34)(H,31,36)(H2,29,32,35). The van der Waals surface area contributed by atoms with Crippen LogP contribution in [0.15, 0.2) is 59.6 Å². The molecule has 1 saturated heterocycles. The smallest absolute Gasteiger partial charge is 0.383 e. The molecule has 4 amide bonds. The number of piperidine rings is 1. The summed E-state index contributed by atoms with van der Waals surface area (Å²) in [5.41, 5.74) is 7.08. The number of likely N-dealkylation sites (tertiary alicyclic amines) is 1. The van der Waals surface area contributed by atoms with Gasteiger partial charge in [0.05, 0.1) is 6.04 Å². The third kappa shape index (κ3) is 7.82. The number of alkyl halides is 3. The Balaban J connectivity index is 1.53. The van der Waals surface area contributed by atoms with E-state index in [1.165, 1.54) is 24.3 Å². The van der Waals surface area contributed by atoms with E-state index in [0.717, 1.165) is 24.8 Å². The summed E-state index contributed by atoms with van der Waals surface area (Å²) in [5.74, 6) is -2.95. The van der Waals surface area contributed by atoms with Crippen molar-refractivity contribution in [1.82, 2.24) is 10.2 Å². The minimum atomic E-state index is -5.11. The number of amidine groups is 1. The lowest BCUT2D eigenvalue weighted by Crippen LogP contribution is -2.50. The lowest BCUT2D eigenvalue weighted by Gasteiger charge is -2.35. The maximum absolute atomic E-state index is 12.9. The van der Waals surface area contributed by atoms with E-state index in [9.17, 15) is 27.6 Å². The lowest BCUT2D eigenvalue weighted by atomic mass is 10.0. The number of aryl methyl sites for hydroxylation is 1. The van der Waals surface area contributed by atoms with E-state index in [2.05, 4.69) is 15.6 Å². The number of anilines is 1. The molecule has 1 fully saturated rings. The summed E-state index contributed by atoms with van der Waals surface area (Å²) in [6.07, 6.45) is -1.58. The van der Waals surface area contributed by atoms with Crippen molar-refractivity contribution < 1.29 is 27.6 Å². The lowest BCUT2D eigenvalue weighted by molar-refractivity contribution is -0.169. The van der Waals surface area contributed by atoms with Crippen LogP contribution in [0.5, 0.6) is 0 Å². The van der Waals surface area contributed by atoms with Crippen molar-refractivity contribution in [3.05, 3.63) is 65.7 Å². The Kier molecular flexibility index (Phi) is 9.04. The Hall–Kier alpha value is -3.89. The molecule has 0 bridgehead atoms. The summed E-state index contributed by atoms with van der Waals surface area (Å²) < 4.78 is 37.1. The molecule has 1 unspecified atom stereocenters. The van der Waals surface area contributed by atoms with Crippen LogP contribution in [0.4, 0.5) is 23.7 Å². The molecule has 192 valence electrons. The molecule has 0 saturated carbocycles. The van der Waals surface area contributed by atoms with E-state index in [-0.39, 0.29) is 23.5 Å². The Labute approximate surface area is 206 Å². The second-order valence-corrected chi connectivity index (χ2v) is 8.44. The first kappa shape index (κ1) is 26.7. The van der Waals surface area contributed by atoms with Crippen molar-refractivity contribution in [2.24, 2.45) is 10.7 Å². The van der Waals surface area contributed by atoms with Gasteiger partial charge < -0.3 is 21.3 Å². The van der Waals surface area contributed by atoms with Gasteiger partial charge in [0.2, 0.25) is 5.91 Å². The highest BCUT2D eigenvalue weighted by Crippen LogP contribution is 2.20. The van der Waals surface area contributed by atoms with E-state index < -0.39 is 17.9 Å². The topological polar surface area (TPSA) is 117 Å². The summed E-state index contributed by atoms with van der Waals surface area (Å²) in [5, 5.41) is 5.68. The number of aliphatic imine (C=N–C) groups is 1. The molecular formula is C25H28F3N5O3. The maximum Gasteiger partial charge on any atom is 0.473 e. The van der Waals surface area contributed by atoms with Crippen molar-refractivity contribution in [2.45, 2.75) is 44.3 Å². The summed E-state index contributed by atoms with van der Waals surface area (Å²) in [6, 6.07) is 14.8. The number of carbonyl (C=O) groups is 3. The Morgan fingerprint density at radius 3 is 2.39 bits per heavy atom. The summed E-state index contributed by atoms with van der Waals surface area (Å²) >= 11 is 0. The average molecular weight is 504 g/mol. The SMILES string of the molecule is NC(=NC(=O)C(F)(F)F)c1ccc(NC(=O)N2CCCCC2CNC(=O)CCc2ccccc2)cc1. The van der Waals surface area contributed by atoms with Crippen molar-refractivity contribution in [1.29, 1.82) is 0 Å². The van der Waals surface area contributed by atoms with Crippen molar-refractivity contribution >= 4 is 29.4 Å². The van der Waals surface area contributed by atoms with Crippen LogP contribution in [-0.4, -0.2) is 53.9 Å². The van der Waals surface area contributed by atoms with Gasteiger partial charge in [-0.05, 0) is 55.5 Å². The second kappa shape index (κ2) is 12.2. The van der Waals surface area contributed by atoms with Gasteiger partial charge in [-0.25, -0.2) is 4.79 Å². The third-order valence-corrected chi connectivity index (χ3v) is 5.80. The molecule has 3 rings (SSSR count). The molecule has 1 atom stereocenters. The molecule has 4 N–H and O–H groups in total. The van der Waals surface area contributed by atoms with E-state index in [1.54, 1.807) is 4.90 Å². The fourth-order valence-corrected chi connectivity index (χ4v) is 3.86. The molecule has 8 nitrogen and oxygen atoms in total. The van der Waals surface area contributed by atoms with Crippen LogP contribution in [0.25, 0.3) is 0 Å². The molecule has 1 heterocycles. The quantitative estimate of drug-likeness (QED) is 0.395. The highest BCUT2D eigenvalue weighted by molar-refractivity contribution is 6.05. The number of benzene rings is 2. The maximum atomic E-state index is 12.9. The first-order chi connectivity index (χ1) is 17.1. The van der Waals surface area contributed by atoms with E-state index >= 15 is 0 Å². The van der Waals surface area contributed by atoms with Crippen molar-refractivity contribution in [3.63, 3.8) is 0 Å². The zero-order chi connectivity index (χ0) is 26.1. The number of halogens is 3. The molecule has 0 spiro atoms. The fraction of sp³-hybridized carbons (Fsp3) is 0.360. The van der Waals surface area contributed by atoms with Gasteiger partial charge in [0.25, 0.3) is 0 Å². The Morgan fingerprint density at radius 1 is 1.03 bits per heavy atom. The van der Waals surface area contributed by atoms with Gasteiger partial charge in [0.1, 0.15) is 5.84 Å². The molecule has 0 aliphatic carbocycles. The summed E-state index contributed by atoms with van der Waals surface area (Å²) in [7, 11) is 0. The van der Waals surface area contributed by atoms with E-state index in [4.69, 9.17) is 5.73 Å². The fourth-order valence-electron chi connectivity index (χ4n) is 3.86. The molecule has 1 aliphatic rings. The number of rotatable bonds is 7. The Morgan fingerprint density at radius 2 is 1.72 bits per heavy atom. The number of carbonyl (C=O) groups excluding carboxylic acids is 3. The van der Waals surface area contributed by atoms with Crippen LogP contribution in [0, 0.1) is 0 Å². The molecule has 2 aromatic carbocycles. The molecule has 0 radical (unpaired) electrons. The minimum Gasteiger partial charge on any atom is -0.383 e. The highest BCUT2D eigenvalue weighted by atomic mass is 19.4. The van der Waals surface area contributed by atoms with Crippen LogP contribution < -0.4 is 16.4 Å². The first-order valence-corrected chi connectivity index (χ1v) is 11.6. The van der Waals surface area contributed by atoms with Crippen molar-refractivity contribution in [3.8, 4) is 0 Å². The van der Waals surface area contributed by atoms with Gasteiger partial charge in [-0.2, -0.15) is 18.2 Å². The van der Waals surface area contributed by atoms with Gasteiger partial charge in [-0.1, -0.05) is 30.3 Å². The first-order valence-electron chi connectivity index (χ1n) is 11.6. The van der Waals surface area contributed by atoms with Crippen LogP contribution in [0.2, 0.25) is 0 Å². The third-order valence-electron chi connectivity index (χ3n) is 5.80. The predicted molar refractivity (Wildman–Crippen MR) is 129 cm³/mol. The number of urea groups is 1. The van der Waals surface area contributed by atoms with Crippen molar-refractivity contribution in [2.75, 3.05) is 18.4 Å². The van der Waals surface area contributed by atoms with Gasteiger partial charge in [0.15, 0.2) is 0 Å². The van der Waals surface area contributed by atoms with E-state index in [0.29, 0.717) is 31.6 Å². The van der Waals surface area contributed by atoms with Crippen LogP contribution >= 0.6 is 0 Å². The monoisotopic (exact) mass is 503 g/mol. The molecule has 11 heteroatoms. The zero-order valence-electron chi connectivity index (χ0n) is 19.6. The molecule has 2 aromatic rings. The van der Waals surface area contributed by atoms with Gasteiger partial charge in [0, 0.05) is 30.8 Å². The summed E-state index contributed by atoms with van der Waals surface area (Å²) in [6.45, 7) is 0.883. The number of nitrogens with one attached hydrogen (secondary N) is 2. The number of hydrogen-bond acceptors (Lipinski definition) is 3. The Bertz CT molecular complexity index is 1090. The number of hydrogen-bond donors (Lipinski definition) is 3. The molecule has 36 heavy (non-hydrogen) atoms. The van der Waals surface area contributed by atoms with Gasteiger partial charge in [-0.15, -0.1) is 0 Å².